The molecule has 0 unspecified atom stereocenters. The third-order valence-corrected chi connectivity index (χ3v) is 6.24. The minimum atomic E-state index is -0.532. The van der Waals surface area contributed by atoms with Gasteiger partial charge in [-0.1, -0.05) is 11.8 Å². The van der Waals surface area contributed by atoms with Gasteiger partial charge in [-0.25, -0.2) is 9.78 Å². The molecule has 0 amide bonds. The minimum Gasteiger partial charge on any atom is -0.467 e. The summed E-state index contributed by atoms with van der Waals surface area (Å²) < 4.78 is 22.3. The van der Waals surface area contributed by atoms with Crippen molar-refractivity contribution >= 4 is 34.4 Å². The molecular formula is C24H18N2O7S. The van der Waals surface area contributed by atoms with Gasteiger partial charge < -0.3 is 18.6 Å². The lowest BCUT2D eigenvalue weighted by atomic mass is 10.1. The molecule has 0 saturated carbocycles. The molecular weight excluding hydrogens is 460 g/mol. The first-order chi connectivity index (χ1) is 16.5. The molecule has 172 valence electrons. The van der Waals surface area contributed by atoms with Gasteiger partial charge >= 0.3 is 5.97 Å². The van der Waals surface area contributed by atoms with E-state index >= 15 is 0 Å². The van der Waals surface area contributed by atoms with Crippen molar-refractivity contribution in [2.45, 2.75) is 11.7 Å². The van der Waals surface area contributed by atoms with Crippen LogP contribution in [-0.2, 0) is 11.3 Å². The van der Waals surface area contributed by atoms with Crippen LogP contribution in [0, 0.1) is 0 Å². The fourth-order valence-electron chi connectivity index (χ4n) is 3.54. The number of ether oxygens (including phenoxy) is 3. The fraction of sp³-hybridized carbons (Fsp3) is 0.167. The molecule has 0 spiro atoms. The number of furan rings is 1. The number of fused-ring (bicyclic) bond motifs is 2. The van der Waals surface area contributed by atoms with Crippen molar-refractivity contribution in [3.8, 4) is 11.5 Å². The third-order valence-electron chi connectivity index (χ3n) is 5.26. The van der Waals surface area contributed by atoms with Crippen LogP contribution in [0.15, 0.2) is 69.2 Å². The largest absolute Gasteiger partial charge is 0.467 e. The molecule has 4 aromatic rings. The summed E-state index contributed by atoms with van der Waals surface area (Å²) >= 11 is 1.13. The fourth-order valence-corrected chi connectivity index (χ4v) is 4.43. The number of rotatable bonds is 7. The molecule has 5 rings (SSSR count). The van der Waals surface area contributed by atoms with Crippen LogP contribution in [0.25, 0.3) is 10.9 Å². The summed E-state index contributed by atoms with van der Waals surface area (Å²) in [5, 5.41) is 0.663. The number of methoxy groups -OCH3 is 1. The average Bonchev–Trinajstić information content (AvgIpc) is 3.55. The van der Waals surface area contributed by atoms with Gasteiger partial charge in [-0.3, -0.25) is 14.2 Å². The van der Waals surface area contributed by atoms with Crippen LogP contribution in [0.1, 0.15) is 26.5 Å². The Morgan fingerprint density at radius 2 is 1.91 bits per heavy atom. The third kappa shape index (κ3) is 4.15. The summed E-state index contributed by atoms with van der Waals surface area (Å²) in [4.78, 5) is 42.7. The van der Waals surface area contributed by atoms with E-state index in [4.69, 9.17) is 18.6 Å². The lowest BCUT2D eigenvalue weighted by Crippen LogP contribution is -2.24. The summed E-state index contributed by atoms with van der Waals surface area (Å²) in [6, 6.07) is 13.0. The maximum atomic E-state index is 13.3. The monoisotopic (exact) mass is 478 g/mol. The molecule has 0 fully saturated rings. The maximum absolute atomic E-state index is 13.3. The lowest BCUT2D eigenvalue weighted by molar-refractivity contribution is 0.0600. The predicted molar refractivity (Wildman–Crippen MR) is 123 cm³/mol. The predicted octanol–water partition coefficient (Wildman–Crippen LogP) is 3.53. The lowest BCUT2D eigenvalue weighted by Gasteiger charge is -2.12. The smallest absolute Gasteiger partial charge is 0.337 e. The summed E-state index contributed by atoms with van der Waals surface area (Å²) in [6.07, 6.45) is 1.52. The topological polar surface area (TPSA) is 110 Å². The van der Waals surface area contributed by atoms with Gasteiger partial charge in [0.15, 0.2) is 22.4 Å². The Balaban J connectivity index is 1.49. The second-order valence-corrected chi connectivity index (χ2v) is 8.31. The highest BCUT2D eigenvalue weighted by Crippen LogP contribution is 2.33. The highest BCUT2D eigenvalue weighted by atomic mass is 32.2. The minimum absolute atomic E-state index is 0.0342. The number of hydrogen-bond acceptors (Lipinski definition) is 9. The molecule has 0 aliphatic carbocycles. The first-order valence-corrected chi connectivity index (χ1v) is 11.2. The summed E-state index contributed by atoms with van der Waals surface area (Å²) in [6.45, 7) is 0.267. The SMILES string of the molecule is COC(=O)c1ccc2c(=O)n(Cc3ccco3)c(SCC(=O)c3ccc4c(c3)OCO4)nc2c1. The van der Waals surface area contributed by atoms with E-state index in [1.165, 1.54) is 30.1 Å². The molecule has 0 N–H and O–H groups in total. The summed E-state index contributed by atoms with van der Waals surface area (Å²) in [5.41, 5.74) is 0.765. The highest BCUT2D eigenvalue weighted by molar-refractivity contribution is 7.99. The van der Waals surface area contributed by atoms with Crippen molar-refractivity contribution in [3.63, 3.8) is 0 Å². The first-order valence-electron chi connectivity index (χ1n) is 10.2. The Morgan fingerprint density at radius 1 is 1.09 bits per heavy atom. The van der Waals surface area contributed by atoms with Gasteiger partial charge in [0, 0.05) is 5.56 Å². The second kappa shape index (κ2) is 9.06. The molecule has 0 bridgehead atoms. The van der Waals surface area contributed by atoms with Gasteiger partial charge in [-0.15, -0.1) is 0 Å². The number of aromatic nitrogens is 2. The van der Waals surface area contributed by atoms with E-state index in [1.807, 2.05) is 0 Å². The van der Waals surface area contributed by atoms with Crippen molar-refractivity contribution in [2.24, 2.45) is 0 Å². The Kier molecular flexibility index (Phi) is 5.81. The van der Waals surface area contributed by atoms with Crippen LogP contribution < -0.4 is 15.0 Å². The van der Waals surface area contributed by atoms with E-state index in [2.05, 4.69) is 4.98 Å². The second-order valence-electron chi connectivity index (χ2n) is 7.37. The van der Waals surface area contributed by atoms with E-state index < -0.39 is 5.97 Å². The van der Waals surface area contributed by atoms with Crippen LogP contribution >= 0.6 is 11.8 Å². The number of Topliss-reactive ketones (excluding diaryl/α,β-unsaturated/α-hetero) is 1. The van der Waals surface area contributed by atoms with E-state index in [9.17, 15) is 14.4 Å². The molecule has 1 aliphatic heterocycles. The van der Waals surface area contributed by atoms with Crippen LogP contribution in [0.2, 0.25) is 0 Å². The zero-order valence-corrected chi connectivity index (χ0v) is 18.8. The number of thioether (sulfide) groups is 1. The number of ketones is 1. The number of carbonyl (C=O) groups excluding carboxylic acids is 2. The van der Waals surface area contributed by atoms with E-state index in [1.54, 1.807) is 36.4 Å². The van der Waals surface area contributed by atoms with Gasteiger partial charge in [0.2, 0.25) is 6.79 Å². The summed E-state index contributed by atoms with van der Waals surface area (Å²) in [5.74, 6) is 1.02. The number of hydrogen-bond donors (Lipinski definition) is 0. The quantitative estimate of drug-likeness (QED) is 0.170. The molecule has 1 aliphatic rings. The zero-order valence-electron chi connectivity index (χ0n) is 18.0. The van der Waals surface area contributed by atoms with Crippen LogP contribution in [0.3, 0.4) is 0 Å². The highest BCUT2D eigenvalue weighted by Gasteiger charge is 2.19. The molecule has 0 atom stereocenters. The molecule has 0 saturated heterocycles. The maximum Gasteiger partial charge on any atom is 0.337 e. The number of carbonyl (C=O) groups is 2. The molecule has 9 nitrogen and oxygen atoms in total. The number of benzene rings is 2. The van der Waals surface area contributed by atoms with Crippen LogP contribution in [0.4, 0.5) is 0 Å². The van der Waals surface area contributed by atoms with Crippen molar-refractivity contribution in [1.82, 2.24) is 9.55 Å². The Labute approximate surface area is 197 Å². The molecule has 0 radical (unpaired) electrons. The van der Waals surface area contributed by atoms with E-state index in [-0.39, 0.29) is 36.0 Å². The molecule has 34 heavy (non-hydrogen) atoms. The van der Waals surface area contributed by atoms with Gasteiger partial charge in [0.1, 0.15) is 5.76 Å². The van der Waals surface area contributed by atoms with Gasteiger partial charge in [0.25, 0.3) is 5.56 Å². The van der Waals surface area contributed by atoms with Gasteiger partial charge in [0.05, 0.1) is 42.1 Å². The zero-order chi connectivity index (χ0) is 23.7. The molecule has 3 heterocycles. The molecule has 2 aromatic heterocycles. The standard InChI is InChI=1S/C24H18N2O7S/c1-30-23(29)15-4-6-17-18(9-15)25-24(26(22(17)28)11-16-3-2-8-31-16)34-12-19(27)14-5-7-20-21(10-14)33-13-32-20/h2-10H,11-13H2,1H3. The van der Waals surface area contributed by atoms with Gasteiger partial charge in [-0.05, 0) is 48.5 Å². The molecule has 2 aromatic carbocycles. The van der Waals surface area contributed by atoms with Gasteiger partial charge in [-0.2, -0.15) is 0 Å². The summed E-state index contributed by atoms with van der Waals surface area (Å²) in [7, 11) is 1.28. The molecule has 10 heteroatoms. The Bertz CT molecular complexity index is 1460. The van der Waals surface area contributed by atoms with Crippen LogP contribution in [0.5, 0.6) is 11.5 Å². The van der Waals surface area contributed by atoms with Crippen molar-refractivity contribution < 1.29 is 28.2 Å². The Hall–Kier alpha value is -4.05. The number of esters is 1. The van der Waals surface area contributed by atoms with E-state index in [0.717, 1.165) is 11.8 Å². The van der Waals surface area contributed by atoms with Crippen molar-refractivity contribution in [2.75, 3.05) is 19.7 Å². The van der Waals surface area contributed by atoms with Crippen molar-refractivity contribution in [3.05, 3.63) is 82.0 Å². The van der Waals surface area contributed by atoms with Crippen molar-refractivity contribution in [1.29, 1.82) is 0 Å². The van der Waals surface area contributed by atoms with Crippen LogP contribution in [-0.4, -0.2) is 41.0 Å². The van der Waals surface area contributed by atoms with E-state index in [0.29, 0.717) is 38.9 Å². The average molecular weight is 478 g/mol. The Morgan fingerprint density at radius 3 is 2.71 bits per heavy atom. The number of nitrogens with zero attached hydrogens (tertiary/aromatic N) is 2. The first kappa shape index (κ1) is 21.8. The normalized spacial score (nSPS) is 12.1.